The first-order valence-electron chi connectivity index (χ1n) is 14.7. The fourth-order valence-corrected chi connectivity index (χ4v) is 7.37. The van der Waals surface area contributed by atoms with E-state index in [0.29, 0.717) is 0 Å². The number of aryl methyl sites for hydroxylation is 3. The van der Waals surface area contributed by atoms with Gasteiger partial charge in [-0.15, -0.1) is 0 Å². The Morgan fingerprint density at radius 2 is 1.46 bits per heavy atom. The van der Waals surface area contributed by atoms with Crippen molar-refractivity contribution in [1.82, 2.24) is 4.40 Å². The molecule has 0 fully saturated rings. The molecule has 8 rings (SSSR count). The van der Waals surface area contributed by atoms with Gasteiger partial charge in [0, 0.05) is 16.8 Å². The lowest BCUT2D eigenvalue weighted by Gasteiger charge is -2.24. The molecule has 200 valence electrons. The number of nitrogens with zero attached hydrogens (tertiary/aromatic N) is 2. The number of pyridine rings is 2. The van der Waals surface area contributed by atoms with Crippen molar-refractivity contribution in [1.29, 1.82) is 0 Å². The van der Waals surface area contributed by atoms with E-state index in [9.17, 15) is 0 Å². The van der Waals surface area contributed by atoms with Gasteiger partial charge in [0.1, 0.15) is 7.05 Å². The van der Waals surface area contributed by atoms with E-state index in [4.69, 9.17) is 0 Å². The van der Waals surface area contributed by atoms with Crippen LogP contribution in [0.1, 0.15) is 37.5 Å². The normalized spacial score (nSPS) is 12.7. The van der Waals surface area contributed by atoms with Crippen LogP contribution in [0.2, 0.25) is 0 Å². The molecule has 0 saturated carbocycles. The Kier molecular flexibility index (Phi) is 4.93. The summed E-state index contributed by atoms with van der Waals surface area (Å²) in [6.07, 6.45) is 3.24. The van der Waals surface area contributed by atoms with Gasteiger partial charge in [-0.1, -0.05) is 93.1 Å². The van der Waals surface area contributed by atoms with Crippen molar-refractivity contribution in [2.24, 2.45) is 12.5 Å². The van der Waals surface area contributed by atoms with E-state index in [-0.39, 0.29) is 5.41 Å². The second-order valence-electron chi connectivity index (χ2n) is 13.2. The second kappa shape index (κ2) is 8.30. The van der Waals surface area contributed by atoms with Crippen LogP contribution in [0.3, 0.4) is 0 Å². The molecule has 41 heavy (non-hydrogen) atoms. The molecule has 0 atom stereocenters. The highest BCUT2D eigenvalue weighted by atomic mass is 15.0. The zero-order chi connectivity index (χ0) is 28.2. The molecule has 0 saturated heterocycles. The topological polar surface area (TPSA) is 8.29 Å². The summed E-state index contributed by atoms with van der Waals surface area (Å²) in [6.45, 7) is 11.7. The molecule has 3 heterocycles. The first-order chi connectivity index (χ1) is 19.7. The molecule has 2 nitrogen and oxygen atoms in total. The predicted octanol–water partition coefficient (Wildman–Crippen LogP) is 9.84. The largest absolute Gasteiger partial charge is 0.307 e. The van der Waals surface area contributed by atoms with Crippen molar-refractivity contribution in [3.05, 3.63) is 108 Å². The summed E-state index contributed by atoms with van der Waals surface area (Å²) in [5.74, 6) is 0. The highest BCUT2D eigenvalue weighted by molar-refractivity contribution is 6.29. The Balaban J connectivity index is 1.70. The zero-order valence-corrected chi connectivity index (χ0v) is 24.8. The van der Waals surface area contributed by atoms with Gasteiger partial charge in [-0.2, -0.15) is 0 Å². The summed E-state index contributed by atoms with van der Waals surface area (Å²) in [7, 11) is 2.21. The van der Waals surface area contributed by atoms with Crippen molar-refractivity contribution < 1.29 is 4.57 Å². The summed E-state index contributed by atoms with van der Waals surface area (Å²) in [5, 5.41) is 9.42. The third-order valence-electron chi connectivity index (χ3n) is 9.11. The van der Waals surface area contributed by atoms with E-state index < -0.39 is 0 Å². The van der Waals surface area contributed by atoms with Crippen LogP contribution < -0.4 is 4.57 Å². The van der Waals surface area contributed by atoms with Crippen molar-refractivity contribution >= 4 is 59.8 Å². The van der Waals surface area contributed by atoms with E-state index in [1.807, 2.05) is 0 Å². The van der Waals surface area contributed by atoms with Crippen LogP contribution in [0.5, 0.6) is 0 Å². The molecule has 2 heteroatoms. The maximum absolute atomic E-state index is 2.62. The Bertz CT molecular complexity index is 2330. The molecule has 0 aliphatic carbocycles. The molecule has 0 unspecified atom stereocenters. The maximum Gasteiger partial charge on any atom is 0.224 e. The van der Waals surface area contributed by atoms with E-state index in [1.54, 1.807) is 0 Å². The summed E-state index contributed by atoms with van der Waals surface area (Å²) >= 11 is 0. The molecule has 3 aromatic heterocycles. The molecule has 0 aliphatic heterocycles. The van der Waals surface area contributed by atoms with Gasteiger partial charge >= 0.3 is 0 Å². The lowest BCUT2D eigenvalue weighted by Crippen LogP contribution is -2.29. The monoisotopic (exact) mass is 531 g/mol. The smallest absolute Gasteiger partial charge is 0.224 e. The molecule has 0 bridgehead atoms. The van der Waals surface area contributed by atoms with Gasteiger partial charge in [0.2, 0.25) is 5.52 Å². The van der Waals surface area contributed by atoms with Crippen LogP contribution in [0.15, 0.2) is 91.1 Å². The molecular formula is C39H35N2+. The number of benzene rings is 5. The quantitative estimate of drug-likeness (QED) is 0.119. The number of aromatic nitrogens is 2. The summed E-state index contributed by atoms with van der Waals surface area (Å²) in [5.41, 5.74) is 12.1. The molecule has 0 aliphatic rings. The van der Waals surface area contributed by atoms with Crippen LogP contribution in [0, 0.1) is 19.3 Å². The summed E-state index contributed by atoms with van der Waals surface area (Å²) < 4.78 is 4.98. The van der Waals surface area contributed by atoms with Gasteiger partial charge in [0.25, 0.3) is 0 Å². The van der Waals surface area contributed by atoms with E-state index in [0.717, 1.165) is 6.42 Å². The van der Waals surface area contributed by atoms with Gasteiger partial charge in [0.15, 0.2) is 6.20 Å². The van der Waals surface area contributed by atoms with Crippen molar-refractivity contribution in [2.75, 3.05) is 0 Å². The highest BCUT2D eigenvalue weighted by Gasteiger charge is 2.28. The minimum absolute atomic E-state index is 0.133. The van der Waals surface area contributed by atoms with Gasteiger partial charge in [-0.05, 0) is 76.2 Å². The SMILES string of the molecule is Cc1ccc2c(CC(C)(C)C)c3c(c(C)c2c1)c1c2c(ccc4c5cc(-c6ccccc6)ccc5n3c42)cc[n+]1C. The molecule has 8 aromatic rings. The lowest BCUT2D eigenvalue weighted by molar-refractivity contribution is -0.643. The molecule has 0 spiro atoms. The fourth-order valence-electron chi connectivity index (χ4n) is 7.37. The van der Waals surface area contributed by atoms with Crippen LogP contribution in [0.25, 0.3) is 70.9 Å². The third kappa shape index (κ3) is 3.40. The minimum atomic E-state index is 0.133. The molecule has 5 aromatic carbocycles. The lowest BCUT2D eigenvalue weighted by atomic mass is 9.83. The first-order valence-corrected chi connectivity index (χ1v) is 14.7. The van der Waals surface area contributed by atoms with Crippen LogP contribution in [0.4, 0.5) is 0 Å². The number of rotatable bonds is 2. The molecular weight excluding hydrogens is 496 g/mol. The van der Waals surface area contributed by atoms with Crippen molar-refractivity contribution in [3.63, 3.8) is 0 Å². The second-order valence-corrected chi connectivity index (χ2v) is 13.2. The van der Waals surface area contributed by atoms with E-state index in [1.165, 1.54) is 87.6 Å². The van der Waals surface area contributed by atoms with Crippen LogP contribution in [-0.4, -0.2) is 4.40 Å². The van der Waals surface area contributed by atoms with Gasteiger partial charge < -0.3 is 4.40 Å². The van der Waals surface area contributed by atoms with Gasteiger partial charge in [-0.3, -0.25) is 0 Å². The zero-order valence-electron chi connectivity index (χ0n) is 24.8. The maximum atomic E-state index is 2.62. The third-order valence-corrected chi connectivity index (χ3v) is 9.11. The minimum Gasteiger partial charge on any atom is -0.307 e. The average Bonchev–Trinajstić information content (AvgIpc) is 3.29. The molecule has 0 amide bonds. The van der Waals surface area contributed by atoms with Gasteiger partial charge in [0.05, 0.1) is 27.3 Å². The van der Waals surface area contributed by atoms with Crippen LogP contribution >= 0.6 is 0 Å². The Morgan fingerprint density at radius 1 is 0.683 bits per heavy atom. The first kappa shape index (κ1) is 24.4. The number of hydrogen-bond donors (Lipinski definition) is 0. The van der Waals surface area contributed by atoms with Crippen molar-refractivity contribution in [3.8, 4) is 11.1 Å². The number of hydrogen-bond acceptors (Lipinski definition) is 0. The highest BCUT2D eigenvalue weighted by Crippen LogP contribution is 2.45. The Labute approximate surface area is 240 Å². The summed E-state index contributed by atoms with van der Waals surface area (Å²) in [6, 6.07) is 31.8. The van der Waals surface area contributed by atoms with Gasteiger partial charge in [-0.25, -0.2) is 4.57 Å². The predicted molar refractivity (Wildman–Crippen MR) is 175 cm³/mol. The molecule has 0 radical (unpaired) electrons. The number of fused-ring (bicyclic) bond motifs is 7. The summed E-state index contributed by atoms with van der Waals surface area (Å²) in [4.78, 5) is 0. The Hall–Kier alpha value is -4.43. The standard InChI is InChI=1S/C39H35N2/c1-23-12-15-28-30(20-23)24(2)34-37(32(28)22-39(3,4)5)41-33-17-14-27(25-10-8-7-9-11-25)21-31(33)29-16-13-26-18-19-40(6)38(34)35(26)36(29)41/h7-21H,22H2,1-6H3/q+1. The van der Waals surface area contributed by atoms with E-state index >= 15 is 0 Å². The fraction of sp³-hybridized carbons (Fsp3) is 0.205. The Morgan fingerprint density at radius 3 is 2.24 bits per heavy atom. The van der Waals surface area contributed by atoms with E-state index in [2.05, 4.69) is 142 Å². The van der Waals surface area contributed by atoms with Crippen molar-refractivity contribution in [2.45, 2.75) is 41.0 Å². The molecule has 0 N–H and O–H groups in total. The average molecular weight is 532 g/mol. The van der Waals surface area contributed by atoms with Crippen LogP contribution in [-0.2, 0) is 13.5 Å².